The van der Waals surface area contributed by atoms with Gasteiger partial charge in [-0.1, -0.05) is 0 Å². The molecule has 2 aliphatic heterocycles. The average Bonchev–Trinajstić information content (AvgIpc) is 2.69. The highest BCUT2D eigenvalue weighted by Gasteiger charge is 2.33. The Kier molecular flexibility index (Phi) is 5.38. The number of aromatic nitrogens is 2. The Labute approximate surface area is 164 Å². The number of rotatable bonds is 5. The van der Waals surface area contributed by atoms with Crippen LogP contribution in [0, 0.1) is 5.92 Å². The molecular weight excluding hydrogens is 378 g/mol. The quantitative estimate of drug-likeness (QED) is 0.767. The first kappa shape index (κ1) is 19.0. The van der Waals surface area contributed by atoms with Crippen molar-refractivity contribution in [3.63, 3.8) is 0 Å². The zero-order valence-corrected chi connectivity index (χ0v) is 16.2. The normalized spacial score (nSPS) is 18.4. The zero-order valence-electron chi connectivity index (χ0n) is 15.4. The van der Waals surface area contributed by atoms with Gasteiger partial charge in [-0.2, -0.15) is 5.10 Å². The van der Waals surface area contributed by atoms with Crippen molar-refractivity contribution < 1.29 is 13.2 Å². The van der Waals surface area contributed by atoms with Crippen molar-refractivity contribution in [2.45, 2.75) is 23.0 Å². The fraction of sp³-hybridized carbons (Fsp3) is 0.421. The number of benzene rings is 1. The second-order valence-corrected chi connectivity index (χ2v) is 9.33. The lowest BCUT2D eigenvalue weighted by molar-refractivity contribution is -0.123. The number of nitrogens with zero attached hydrogens (tertiary/aromatic N) is 3. The van der Waals surface area contributed by atoms with E-state index in [9.17, 15) is 13.2 Å². The molecule has 2 aromatic rings. The van der Waals surface area contributed by atoms with E-state index in [0.29, 0.717) is 55.4 Å². The number of amides is 1. The largest absolute Gasteiger partial charge is 0.317 e. The van der Waals surface area contributed by atoms with E-state index in [1.165, 1.54) is 4.90 Å². The molecular formula is C19H23N5O3S. The van der Waals surface area contributed by atoms with Gasteiger partial charge in [-0.15, -0.1) is 5.10 Å². The molecule has 0 radical (unpaired) electrons. The van der Waals surface area contributed by atoms with Crippen molar-refractivity contribution in [1.82, 2.24) is 20.8 Å². The maximum Gasteiger partial charge on any atom is 0.238 e. The molecule has 0 saturated carbocycles. The molecule has 0 bridgehead atoms. The molecule has 9 heteroatoms. The molecule has 4 rings (SSSR count). The summed E-state index contributed by atoms with van der Waals surface area (Å²) in [6, 6.07) is 9.96. The maximum atomic E-state index is 12.9. The molecule has 1 amide bonds. The van der Waals surface area contributed by atoms with Crippen molar-refractivity contribution in [3.05, 3.63) is 42.6 Å². The Morgan fingerprint density at radius 1 is 1.04 bits per heavy atom. The van der Waals surface area contributed by atoms with Crippen LogP contribution in [0.15, 0.2) is 47.5 Å². The molecule has 1 aromatic heterocycles. The third kappa shape index (κ3) is 3.65. The highest BCUT2D eigenvalue weighted by Crippen LogP contribution is 2.29. The fourth-order valence-corrected chi connectivity index (χ4v) is 5.27. The molecule has 1 aromatic carbocycles. The Morgan fingerprint density at radius 2 is 1.75 bits per heavy atom. The van der Waals surface area contributed by atoms with Gasteiger partial charge >= 0.3 is 0 Å². The summed E-state index contributed by atoms with van der Waals surface area (Å²) in [6.07, 6.45) is 2.78. The minimum atomic E-state index is -3.38. The monoisotopic (exact) mass is 401 g/mol. The number of anilines is 2. The topological polar surface area (TPSA) is 104 Å². The molecule has 28 heavy (non-hydrogen) atoms. The van der Waals surface area contributed by atoms with Crippen molar-refractivity contribution in [1.29, 1.82) is 0 Å². The number of sulfone groups is 1. The summed E-state index contributed by atoms with van der Waals surface area (Å²) >= 11 is 0. The number of piperidine rings is 1. The second-order valence-electron chi connectivity index (χ2n) is 7.10. The van der Waals surface area contributed by atoms with Gasteiger partial charge in [-0.05, 0) is 62.3 Å². The van der Waals surface area contributed by atoms with Crippen LogP contribution < -0.4 is 15.5 Å². The van der Waals surface area contributed by atoms with Crippen LogP contribution in [0.1, 0.15) is 12.8 Å². The van der Waals surface area contributed by atoms with Gasteiger partial charge in [-0.25, -0.2) is 8.42 Å². The van der Waals surface area contributed by atoms with Gasteiger partial charge in [0.2, 0.25) is 5.91 Å². The summed E-state index contributed by atoms with van der Waals surface area (Å²) in [4.78, 5) is 14.8. The van der Waals surface area contributed by atoms with Gasteiger partial charge in [0.1, 0.15) is 0 Å². The van der Waals surface area contributed by atoms with E-state index in [-0.39, 0.29) is 17.1 Å². The first-order valence-electron chi connectivity index (χ1n) is 9.44. The van der Waals surface area contributed by atoms with Crippen molar-refractivity contribution in [2.24, 2.45) is 5.92 Å². The highest BCUT2D eigenvalue weighted by atomic mass is 32.2. The van der Waals surface area contributed by atoms with E-state index in [1.807, 2.05) is 0 Å². The van der Waals surface area contributed by atoms with Crippen LogP contribution in [0.4, 0.5) is 11.5 Å². The molecule has 0 spiro atoms. The minimum absolute atomic E-state index is 0.0757. The molecule has 2 fully saturated rings. The Morgan fingerprint density at radius 3 is 2.32 bits per heavy atom. The molecule has 2 saturated heterocycles. The van der Waals surface area contributed by atoms with Gasteiger partial charge in [0.25, 0.3) is 0 Å². The summed E-state index contributed by atoms with van der Waals surface area (Å²) in [5, 5.41) is 13.9. The number of carbonyl (C=O) groups excluding carboxylic acids is 1. The summed E-state index contributed by atoms with van der Waals surface area (Å²) < 4.78 is 25.8. The van der Waals surface area contributed by atoms with Crippen LogP contribution >= 0.6 is 0 Å². The predicted octanol–water partition coefficient (Wildman–Crippen LogP) is 0.886. The molecule has 8 nitrogen and oxygen atoms in total. The Hall–Kier alpha value is -2.36. The Bertz CT molecular complexity index is 924. The minimum Gasteiger partial charge on any atom is -0.317 e. The highest BCUT2D eigenvalue weighted by molar-refractivity contribution is 7.92. The molecule has 0 atom stereocenters. The zero-order chi connectivity index (χ0) is 19.6. The summed E-state index contributed by atoms with van der Waals surface area (Å²) in [5.41, 5.74) is 0.585. The molecule has 2 aliphatic rings. The smallest absolute Gasteiger partial charge is 0.238 e. The first-order chi connectivity index (χ1) is 13.6. The van der Waals surface area contributed by atoms with Crippen LogP contribution in [-0.2, 0) is 14.6 Å². The van der Waals surface area contributed by atoms with Crippen molar-refractivity contribution >= 4 is 27.2 Å². The first-order valence-corrected chi connectivity index (χ1v) is 11.0. The van der Waals surface area contributed by atoms with Crippen LogP contribution in [-0.4, -0.2) is 56.0 Å². The third-order valence-electron chi connectivity index (χ3n) is 5.29. The summed E-state index contributed by atoms with van der Waals surface area (Å²) in [5.74, 6) is 0.224. The van der Waals surface area contributed by atoms with Gasteiger partial charge in [0, 0.05) is 19.3 Å². The molecule has 2 N–H and O–H groups in total. The average molecular weight is 401 g/mol. The number of hydrogen-bond acceptors (Lipinski definition) is 7. The lowest BCUT2D eigenvalue weighted by Gasteiger charge is -2.31. The second kappa shape index (κ2) is 7.94. The third-order valence-corrected chi connectivity index (χ3v) is 7.57. The number of hydrogen-bond donors (Lipinski definition) is 2. The lowest BCUT2D eigenvalue weighted by Crippen LogP contribution is -2.51. The molecule has 3 heterocycles. The van der Waals surface area contributed by atoms with Crippen LogP contribution in [0.3, 0.4) is 0 Å². The lowest BCUT2D eigenvalue weighted by atomic mass is 10.0. The van der Waals surface area contributed by atoms with Crippen molar-refractivity contribution in [3.8, 4) is 0 Å². The number of carbonyl (C=O) groups is 1. The van der Waals surface area contributed by atoms with E-state index in [1.54, 1.807) is 42.6 Å². The van der Waals surface area contributed by atoms with E-state index in [4.69, 9.17) is 0 Å². The van der Waals surface area contributed by atoms with E-state index < -0.39 is 9.84 Å². The van der Waals surface area contributed by atoms with E-state index in [2.05, 4.69) is 20.8 Å². The van der Waals surface area contributed by atoms with Crippen LogP contribution in [0.5, 0.6) is 0 Å². The van der Waals surface area contributed by atoms with E-state index >= 15 is 0 Å². The predicted molar refractivity (Wildman–Crippen MR) is 105 cm³/mol. The molecule has 0 unspecified atom stereocenters. The van der Waals surface area contributed by atoms with Gasteiger partial charge in [0.15, 0.2) is 15.7 Å². The van der Waals surface area contributed by atoms with Crippen LogP contribution in [0.2, 0.25) is 0 Å². The fourth-order valence-electron chi connectivity index (χ4n) is 3.51. The number of nitrogens with one attached hydrogen (secondary N) is 2. The van der Waals surface area contributed by atoms with Crippen molar-refractivity contribution in [2.75, 3.05) is 31.1 Å². The molecule has 0 aliphatic carbocycles. The van der Waals surface area contributed by atoms with Gasteiger partial charge < -0.3 is 10.6 Å². The summed E-state index contributed by atoms with van der Waals surface area (Å²) in [7, 11) is -3.38. The summed E-state index contributed by atoms with van der Waals surface area (Å²) in [6.45, 7) is 2.67. The molecule has 148 valence electrons. The SMILES string of the molecule is O=C(C1CNC1)N(c1ccc(S(=O)(=O)C2CCNCC2)cc1)c1cccnn1. The maximum absolute atomic E-state index is 12.9. The van der Waals surface area contributed by atoms with E-state index in [0.717, 1.165) is 0 Å². The Balaban J connectivity index is 1.63. The van der Waals surface area contributed by atoms with Gasteiger partial charge in [0.05, 0.1) is 21.8 Å². The standard InChI is InChI=1S/C19H23N5O3S/c25-19(14-12-21-13-14)24(18-2-1-9-22-23-18)15-3-5-16(6-4-15)28(26,27)17-7-10-20-11-8-17/h1-6,9,14,17,20-21H,7-8,10-13H2. The van der Waals surface area contributed by atoms with Crippen LogP contribution in [0.25, 0.3) is 0 Å². The van der Waals surface area contributed by atoms with Gasteiger partial charge in [-0.3, -0.25) is 9.69 Å².